The van der Waals surface area contributed by atoms with E-state index in [1.807, 2.05) is 43.9 Å². The lowest BCUT2D eigenvalue weighted by atomic mass is 10.1. The fourth-order valence-electron chi connectivity index (χ4n) is 3.60. The fraction of sp³-hybridized carbons (Fsp3) is 0.250. The Bertz CT molecular complexity index is 1020. The largest absolute Gasteiger partial charge is 0.268 e. The summed E-state index contributed by atoms with van der Waals surface area (Å²) in [5, 5.41) is 12.8. The van der Waals surface area contributed by atoms with Crippen molar-refractivity contribution in [2.24, 2.45) is 4.99 Å². The molecule has 1 aliphatic carbocycles. The number of para-hydroxylation sites is 1. The molecule has 25 heavy (non-hydrogen) atoms. The second-order valence-corrected chi connectivity index (χ2v) is 6.74. The number of nitrogens with zero attached hydrogens (tertiary/aromatic N) is 8. The molecule has 1 saturated carbocycles. The van der Waals surface area contributed by atoms with Crippen LogP contribution in [0.25, 0.3) is 5.69 Å². The molecule has 0 N–H and O–H groups in total. The van der Waals surface area contributed by atoms with Gasteiger partial charge in [-0.1, -0.05) is 18.2 Å². The highest BCUT2D eigenvalue weighted by Gasteiger charge is 2.41. The summed E-state index contributed by atoms with van der Waals surface area (Å²) >= 11 is 6.37. The Hall–Kier alpha value is -2.87. The van der Waals surface area contributed by atoms with E-state index in [-0.39, 0.29) is 6.17 Å². The highest BCUT2D eigenvalue weighted by atomic mass is 35.5. The van der Waals surface area contributed by atoms with Crippen LogP contribution >= 0.6 is 11.6 Å². The molecular weight excluding hydrogens is 340 g/mol. The van der Waals surface area contributed by atoms with Crippen molar-refractivity contribution in [1.29, 1.82) is 0 Å². The monoisotopic (exact) mass is 352 g/mol. The van der Waals surface area contributed by atoms with Gasteiger partial charge in [-0.25, -0.2) is 15.0 Å². The maximum atomic E-state index is 6.37. The van der Waals surface area contributed by atoms with Crippen molar-refractivity contribution in [3.63, 3.8) is 0 Å². The quantitative estimate of drug-likeness (QED) is 0.708. The first kappa shape index (κ1) is 13.4. The summed E-state index contributed by atoms with van der Waals surface area (Å²) in [5.74, 6) is 1.37. The normalized spacial score (nSPS) is 20.6. The number of anilines is 1. The van der Waals surface area contributed by atoms with E-state index in [0.717, 1.165) is 22.8 Å². The zero-order chi connectivity index (χ0) is 16.5. The van der Waals surface area contributed by atoms with Crippen LogP contribution in [0.2, 0.25) is 5.28 Å². The van der Waals surface area contributed by atoms with Crippen molar-refractivity contribution in [3.05, 3.63) is 53.2 Å². The smallest absolute Gasteiger partial charge is 0.209 e. The number of halogens is 1. The van der Waals surface area contributed by atoms with E-state index in [9.17, 15) is 0 Å². The molecule has 124 valence electrons. The van der Waals surface area contributed by atoms with Gasteiger partial charge in [0.2, 0.25) is 5.28 Å². The predicted molar refractivity (Wildman–Crippen MR) is 92.5 cm³/mol. The Labute approximate surface area is 147 Å². The van der Waals surface area contributed by atoms with Gasteiger partial charge in [-0.15, -0.1) is 9.89 Å². The maximum absolute atomic E-state index is 6.37. The minimum atomic E-state index is -0.173. The van der Waals surface area contributed by atoms with Crippen LogP contribution in [0.5, 0.6) is 0 Å². The number of imidazole rings is 1. The van der Waals surface area contributed by atoms with Crippen molar-refractivity contribution in [1.82, 2.24) is 24.7 Å². The van der Waals surface area contributed by atoms with Crippen LogP contribution < -0.4 is 10.1 Å². The molecule has 2 aromatic heterocycles. The lowest BCUT2D eigenvalue weighted by Gasteiger charge is -2.37. The number of rotatable bonds is 2. The minimum absolute atomic E-state index is 0.173. The number of aliphatic imine (C=N–C) groups is 1. The van der Waals surface area contributed by atoms with Crippen LogP contribution in [0.15, 0.2) is 41.7 Å². The molecule has 9 heteroatoms. The third-order valence-electron chi connectivity index (χ3n) is 4.90. The van der Waals surface area contributed by atoms with Gasteiger partial charge in [0.25, 0.3) is 0 Å². The second kappa shape index (κ2) is 4.60. The van der Waals surface area contributed by atoms with Crippen LogP contribution in [0.3, 0.4) is 0 Å². The Morgan fingerprint density at radius 1 is 1.12 bits per heavy atom. The maximum Gasteiger partial charge on any atom is 0.209 e. The lowest BCUT2D eigenvalue weighted by molar-refractivity contribution is 0.527. The van der Waals surface area contributed by atoms with E-state index in [2.05, 4.69) is 21.4 Å². The summed E-state index contributed by atoms with van der Waals surface area (Å²) in [6.45, 7) is 0. The summed E-state index contributed by atoms with van der Waals surface area (Å²) in [5.41, 5.74) is 3.17. The summed E-state index contributed by atoms with van der Waals surface area (Å²) in [7, 11) is 0. The topological polar surface area (TPSA) is 67.4 Å². The van der Waals surface area contributed by atoms with Gasteiger partial charge in [0.1, 0.15) is 6.34 Å². The lowest BCUT2D eigenvalue weighted by Crippen LogP contribution is -2.49. The Morgan fingerprint density at radius 2 is 2.00 bits per heavy atom. The third-order valence-corrected chi connectivity index (χ3v) is 5.17. The molecule has 6 rings (SSSR count). The Morgan fingerprint density at radius 3 is 2.88 bits per heavy atom. The molecule has 2 aliphatic heterocycles. The molecule has 0 amide bonds. The molecule has 3 aliphatic rings. The number of aromatic nitrogens is 5. The van der Waals surface area contributed by atoms with E-state index >= 15 is 0 Å². The number of hydrogen-bond acceptors (Lipinski definition) is 6. The van der Waals surface area contributed by atoms with Gasteiger partial charge >= 0.3 is 0 Å². The SMILES string of the molecule is Clc1ncc2n1-c1ccccc1C1N=CN(n3nncc3C3CC3)N21. The van der Waals surface area contributed by atoms with Crippen LogP contribution in [0.1, 0.15) is 36.2 Å². The van der Waals surface area contributed by atoms with Gasteiger partial charge in [0.15, 0.2) is 12.0 Å². The van der Waals surface area contributed by atoms with Crippen LogP contribution in [0, 0.1) is 0 Å². The van der Waals surface area contributed by atoms with Gasteiger partial charge in [-0.3, -0.25) is 4.57 Å². The van der Waals surface area contributed by atoms with E-state index in [1.54, 1.807) is 12.5 Å². The van der Waals surface area contributed by atoms with E-state index in [0.29, 0.717) is 11.2 Å². The van der Waals surface area contributed by atoms with Crippen LogP contribution in [0.4, 0.5) is 5.82 Å². The van der Waals surface area contributed by atoms with Crippen molar-refractivity contribution in [2.45, 2.75) is 24.9 Å². The van der Waals surface area contributed by atoms with Crippen molar-refractivity contribution in [2.75, 3.05) is 10.1 Å². The first-order valence-electron chi connectivity index (χ1n) is 8.18. The van der Waals surface area contributed by atoms with Crippen LogP contribution in [-0.4, -0.2) is 31.0 Å². The molecule has 0 bridgehead atoms. The highest BCUT2D eigenvalue weighted by molar-refractivity contribution is 6.29. The van der Waals surface area contributed by atoms with Gasteiger partial charge < -0.3 is 0 Å². The van der Waals surface area contributed by atoms with Gasteiger partial charge in [-0.05, 0) is 35.7 Å². The number of benzene rings is 1. The molecule has 0 saturated heterocycles. The van der Waals surface area contributed by atoms with Gasteiger partial charge in [0, 0.05) is 11.5 Å². The second-order valence-electron chi connectivity index (χ2n) is 6.41. The molecule has 8 nitrogen and oxygen atoms in total. The predicted octanol–water partition coefficient (Wildman–Crippen LogP) is 2.41. The molecule has 1 fully saturated rings. The van der Waals surface area contributed by atoms with Gasteiger partial charge in [-0.2, -0.15) is 5.12 Å². The molecule has 1 atom stereocenters. The highest BCUT2D eigenvalue weighted by Crippen LogP contribution is 2.44. The molecule has 3 aromatic rings. The minimum Gasteiger partial charge on any atom is -0.268 e. The zero-order valence-electron chi connectivity index (χ0n) is 13.1. The molecule has 0 radical (unpaired) electrons. The Kier molecular flexibility index (Phi) is 2.47. The zero-order valence-corrected chi connectivity index (χ0v) is 13.8. The Balaban J connectivity index is 1.54. The summed E-state index contributed by atoms with van der Waals surface area (Å²) in [4.78, 5) is 10.8. The average molecular weight is 353 g/mol. The molecule has 1 aromatic carbocycles. The van der Waals surface area contributed by atoms with Gasteiger partial charge in [0.05, 0.1) is 23.8 Å². The number of hydrogen-bond donors (Lipinski definition) is 0. The standard InChI is InChI=1S/C16H13ClN8/c17-16-18-8-14-23(16)12-4-2-1-3-11(12)15-19-9-22(24(14)15)25-13(7-20-21-25)10-5-6-10/h1-4,7-10,15H,5-6H2. The average Bonchev–Trinajstić information content (AvgIpc) is 3.05. The molecule has 0 spiro atoms. The molecule has 4 heterocycles. The summed E-state index contributed by atoms with van der Waals surface area (Å²) in [6, 6.07) is 8.10. The third kappa shape index (κ3) is 1.72. The molecular formula is C16H13ClN8. The molecule has 1 unspecified atom stereocenters. The van der Waals surface area contributed by atoms with E-state index in [4.69, 9.17) is 16.6 Å². The van der Waals surface area contributed by atoms with E-state index < -0.39 is 0 Å². The van der Waals surface area contributed by atoms with Crippen molar-refractivity contribution in [3.8, 4) is 5.69 Å². The summed E-state index contributed by atoms with van der Waals surface area (Å²) in [6.07, 6.45) is 7.57. The summed E-state index contributed by atoms with van der Waals surface area (Å²) < 4.78 is 1.93. The first-order chi connectivity index (χ1) is 12.3. The number of fused-ring (bicyclic) bond motifs is 6. The van der Waals surface area contributed by atoms with Crippen LogP contribution in [-0.2, 0) is 0 Å². The van der Waals surface area contributed by atoms with Crippen molar-refractivity contribution < 1.29 is 0 Å². The number of hydrazine groups is 1. The van der Waals surface area contributed by atoms with E-state index in [1.165, 1.54) is 12.8 Å². The first-order valence-corrected chi connectivity index (χ1v) is 8.56. The van der Waals surface area contributed by atoms with Crippen molar-refractivity contribution >= 4 is 23.8 Å². The fourth-order valence-corrected chi connectivity index (χ4v) is 3.82.